The van der Waals surface area contributed by atoms with Crippen molar-refractivity contribution in [3.05, 3.63) is 71.4 Å². The summed E-state index contributed by atoms with van der Waals surface area (Å²) in [5.41, 5.74) is 1.68. The monoisotopic (exact) mass is 312 g/mol. The third kappa shape index (κ3) is 3.18. The maximum absolute atomic E-state index is 11.8. The molecule has 0 amide bonds. The number of oxime groups is 1. The topological polar surface area (TPSA) is 43.6 Å². The fraction of sp³-hybridized carbons (Fsp3) is 0.0588. The number of halogens is 1. The molecule has 0 aliphatic rings. The highest BCUT2D eigenvalue weighted by molar-refractivity contribution is 6.33. The molecular weight excluding hydrogens is 300 g/mol. The third-order valence-corrected chi connectivity index (χ3v) is 3.58. The molecule has 4 nitrogen and oxygen atoms in total. The van der Waals surface area contributed by atoms with Crippen LogP contribution in [0.2, 0.25) is 5.02 Å². The molecule has 0 atom stereocenters. The number of nitrogens with zero attached hydrogens (tertiary/aromatic N) is 2. The molecule has 0 bridgehead atoms. The highest BCUT2D eigenvalue weighted by Gasteiger charge is 2.07. The lowest BCUT2D eigenvalue weighted by molar-refractivity contribution is -0.144. The molecule has 1 aromatic heterocycles. The molecule has 0 aliphatic carbocycles. The van der Waals surface area contributed by atoms with Gasteiger partial charge in [0.05, 0.1) is 6.21 Å². The molecule has 0 spiro atoms. The Bertz CT molecular complexity index is 839. The van der Waals surface area contributed by atoms with E-state index in [0.29, 0.717) is 10.6 Å². The molecule has 0 saturated carbocycles. The van der Waals surface area contributed by atoms with Crippen molar-refractivity contribution in [2.75, 3.05) is 0 Å². The number of hydrogen-bond acceptors (Lipinski definition) is 3. The lowest BCUT2D eigenvalue weighted by atomic mass is 10.2. The molecule has 0 unspecified atom stereocenters. The van der Waals surface area contributed by atoms with Gasteiger partial charge in [-0.2, -0.15) is 0 Å². The fourth-order valence-corrected chi connectivity index (χ4v) is 2.35. The molecule has 1 heterocycles. The summed E-state index contributed by atoms with van der Waals surface area (Å²) in [5, 5.41) is 5.32. The first-order valence-electron chi connectivity index (χ1n) is 6.75. The second-order valence-electron chi connectivity index (χ2n) is 4.72. The van der Waals surface area contributed by atoms with Crippen LogP contribution in [0.25, 0.3) is 10.9 Å². The second-order valence-corrected chi connectivity index (χ2v) is 5.13. The third-order valence-electron chi connectivity index (χ3n) is 3.23. The van der Waals surface area contributed by atoms with Crippen molar-refractivity contribution in [3.63, 3.8) is 0 Å². The van der Waals surface area contributed by atoms with E-state index in [4.69, 9.17) is 16.4 Å². The first-order chi connectivity index (χ1) is 10.7. The highest BCUT2D eigenvalue weighted by Crippen LogP contribution is 2.15. The molecule has 0 aliphatic heterocycles. The summed E-state index contributed by atoms with van der Waals surface area (Å²) in [6.07, 6.45) is 3.28. The van der Waals surface area contributed by atoms with Crippen LogP contribution in [0.4, 0.5) is 0 Å². The first-order valence-corrected chi connectivity index (χ1v) is 7.13. The van der Waals surface area contributed by atoms with Crippen LogP contribution in [0.1, 0.15) is 5.56 Å². The molecule has 0 fully saturated rings. The summed E-state index contributed by atoms with van der Waals surface area (Å²) in [6, 6.07) is 17.0. The van der Waals surface area contributed by atoms with Gasteiger partial charge in [0.25, 0.3) is 0 Å². The first kappa shape index (κ1) is 14.4. The smallest absolute Gasteiger partial charge is 0.336 e. The van der Waals surface area contributed by atoms with Crippen LogP contribution >= 0.6 is 11.6 Å². The number of hydrogen-bond donors (Lipinski definition) is 0. The molecular formula is C17H13ClN2O2. The van der Waals surface area contributed by atoms with E-state index in [2.05, 4.69) is 5.16 Å². The van der Waals surface area contributed by atoms with E-state index in [1.807, 2.05) is 53.2 Å². The zero-order chi connectivity index (χ0) is 15.4. The van der Waals surface area contributed by atoms with E-state index in [-0.39, 0.29) is 6.54 Å². The Morgan fingerprint density at radius 2 is 1.91 bits per heavy atom. The van der Waals surface area contributed by atoms with E-state index >= 15 is 0 Å². The summed E-state index contributed by atoms with van der Waals surface area (Å²) < 4.78 is 1.82. The van der Waals surface area contributed by atoms with Gasteiger partial charge in [0.2, 0.25) is 0 Å². The number of fused-ring (bicyclic) bond motifs is 1. The summed E-state index contributed by atoms with van der Waals surface area (Å²) in [5.74, 6) is -0.440. The number of para-hydroxylation sites is 1. The zero-order valence-corrected chi connectivity index (χ0v) is 12.4. The Morgan fingerprint density at radius 3 is 2.77 bits per heavy atom. The minimum atomic E-state index is -0.440. The van der Waals surface area contributed by atoms with Gasteiger partial charge >= 0.3 is 5.97 Å². The maximum atomic E-state index is 11.8. The van der Waals surface area contributed by atoms with Crippen molar-refractivity contribution in [2.24, 2.45) is 5.16 Å². The van der Waals surface area contributed by atoms with Gasteiger partial charge < -0.3 is 9.40 Å². The average molecular weight is 313 g/mol. The highest BCUT2D eigenvalue weighted by atomic mass is 35.5. The molecule has 22 heavy (non-hydrogen) atoms. The van der Waals surface area contributed by atoms with Crippen LogP contribution < -0.4 is 0 Å². The van der Waals surface area contributed by atoms with Crippen LogP contribution in [0.15, 0.2) is 65.9 Å². The number of benzene rings is 2. The van der Waals surface area contributed by atoms with Crippen LogP contribution in [0.5, 0.6) is 0 Å². The number of carbonyl (C=O) groups excluding carboxylic acids is 1. The lowest BCUT2D eigenvalue weighted by Gasteiger charge is -2.02. The molecule has 0 N–H and O–H groups in total. The fourth-order valence-electron chi connectivity index (χ4n) is 2.17. The molecule has 5 heteroatoms. The van der Waals surface area contributed by atoms with Gasteiger partial charge in [-0.3, -0.25) is 0 Å². The average Bonchev–Trinajstić information content (AvgIpc) is 2.92. The minimum absolute atomic E-state index is 0.105. The van der Waals surface area contributed by atoms with Crippen LogP contribution in [0, 0.1) is 0 Å². The summed E-state index contributed by atoms with van der Waals surface area (Å²) in [6.45, 7) is 0.105. The SMILES string of the molecule is O=C(Cn1ccc2ccccc21)ON=Cc1ccccc1Cl. The Labute approximate surface area is 132 Å². The number of rotatable bonds is 4. The summed E-state index contributed by atoms with van der Waals surface area (Å²) >= 11 is 5.98. The van der Waals surface area contributed by atoms with Crippen molar-refractivity contribution in [3.8, 4) is 0 Å². The van der Waals surface area contributed by atoms with Crippen molar-refractivity contribution in [1.82, 2.24) is 4.57 Å². The van der Waals surface area contributed by atoms with Gasteiger partial charge in [-0.1, -0.05) is 53.2 Å². The van der Waals surface area contributed by atoms with Crippen LogP contribution in [-0.4, -0.2) is 16.8 Å². The zero-order valence-electron chi connectivity index (χ0n) is 11.6. The predicted octanol–water partition coefficient (Wildman–Crippen LogP) is 3.87. The van der Waals surface area contributed by atoms with E-state index in [1.54, 1.807) is 12.1 Å². The molecule has 0 saturated heterocycles. The van der Waals surface area contributed by atoms with Crippen molar-refractivity contribution in [1.29, 1.82) is 0 Å². The molecule has 0 radical (unpaired) electrons. The Balaban J connectivity index is 1.65. The van der Waals surface area contributed by atoms with Crippen LogP contribution in [0.3, 0.4) is 0 Å². The minimum Gasteiger partial charge on any atom is -0.336 e. The quantitative estimate of drug-likeness (QED) is 0.417. The van der Waals surface area contributed by atoms with Crippen molar-refractivity contribution < 1.29 is 9.63 Å². The van der Waals surface area contributed by atoms with Gasteiger partial charge in [-0.15, -0.1) is 0 Å². The normalized spacial score (nSPS) is 11.1. The van der Waals surface area contributed by atoms with Gasteiger partial charge in [0.1, 0.15) is 6.54 Å². The molecule has 3 rings (SSSR count). The second kappa shape index (κ2) is 6.45. The van der Waals surface area contributed by atoms with Gasteiger partial charge in [0, 0.05) is 22.3 Å². The van der Waals surface area contributed by atoms with Crippen LogP contribution in [-0.2, 0) is 16.2 Å². The van der Waals surface area contributed by atoms with E-state index in [0.717, 1.165) is 10.9 Å². The molecule has 3 aromatic rings. The Hall–Kier alpha value is -2.59. The van der Waals surface area contributed by atoms with Crippen molar-refractivity contribution in [2.45, 2.75) is 6.54 Å². The predicted molar refractivity (Wildman–Crippen MR) is 87.1 cm³/mol. The van der Waals surface area contributed by atoms with Gasteiger partial charge in [-0.05, 0) is 23.6 Å². The maximum Gasteiger partial charge on any atom is 0.354 e. The largest absolute Gasteiger partial charge is 0.354 e. The number of aromatic nitrogens is 1. The van der Waals surface area contributed by atoms with Gasteiger partial charge in [0.15, 0.2) is 0 Å². The Kier molecular flexibility index (Phi) is 4.21. The standard InChI is InChI=1S/C17H13ClN2O2/c18-15-7-3-1-6-14(15)11-19-22-17(21)12-20-10-9-13-5-2-4-8-16(13)20/h1-11H,12H2. The van der Waals surface area contributed by atoms with E-state index in [9.17, 15) is 4.79 Å². The van der Waals surface area contributed by atoms with Crippen molar-refractivity contribution >= 4 is 34.7 Å². The van der Waals surface area contributed by atoms with Gasteiger partial charge in [-0.25, -0.2) is 4.79 Å². The van der Waals surface area contributed by atoms with E-state index in [1.165, 1.54) is 6.21 Å². The summed E-state index contributed by atoms with van der Waals surface area (Å²) in [7, 11) is 0. The molecule has 2 aromatic carbocycles. The summed E-state index contributed by atoms with van der Waals surface area (Å²) in [4.78, 5) is 16.7. The van der Waals surface area contributed by atoms with E-state index < -0.39 is 5.97 Å². The molecule has 110 valence electrons. The lowest BCUT2D eigenvalue weighted by Crippen LogP contribution is -2.10. The number of carbonyl (C=O) groups is 1. The Morgan fingerprint density at radius 1 is 1.14 bits per heavy atom.